The summed E-state index contributed by atoms with van der Waals surface area (Å²) in [6, 6.07) is 3.04. The Balaban J connectivity index is 2.17. The van der Waals surface area contributed by atoms with Gasteiger partial charge in [-0.2, -0.15) is 0 Å². The van der Waals surface area contributed by atoms with Gasteiger partial charge < -0.3 is 10.1 Å². The van der Waals surface area contributed by atoms with Gasteiger partial charge in [0.2, 0.25) is 0 Å². The van der Waals surface area contributed by atoms with Gasteiger partial charge in [-0.15, -0.1) is 0 Å². The quantitative estimate of drug-likeness (QED) is 0.886. The van der Waals surface area contributed by atoms with Crippen molar-refractivity contribution in [1.29, 1.82) is 0 Å². The van der Waals surface area contributed by atoms with Crippen LogP contribution in [0.1, 0.15) is 13.3 Å². The third kappa shape index (κ3) is 3.12. The van der Waals surface area contributed by atoms with E-state index in [1.54, 1.807) is 0 Å². The molecule has 1 saturated heterocycles. The van der Waals surface area contributed by atoms with Crippen LogP contribution in [0.5, 0.6) is 0 Å². The van der Waals surface area contributed by atoms with Gasteiger partial charge in [0.15, 0.2) is 0 Å². The van der Waals surface area contributed by atoms with Crippen molar-refractivity contribution in [3.63, 3.8) is 0 Å². The molecule has 5 heteroatoms. The van der Waals surface area contributed by atoms with E-state index >= 15 is 0 Å². The molecule has 0 bridgehead atoms. The first-order chi connectivity index (χ1) is 8.08. The Morgan fingerprint density at radius 3 is 2.94 bits per heavy atom. The number of hydrogen-bond donors (Lipinski definition) is 1. The van der Waals surface area contributed by atoms with E-state index in [9.17, 15) is 4.39 Å². The largest absolute Gasteiger partial charge is 0.381 e. The third-order valence-corrected chi connectivity index (χ3v) is 3.90. The van der Waals surface area contributed by atoms with E-state index in [-0.39, 0.29) is 5.82 Å². The normalized spacial score (nSPS) is 24.7. The molecule has 1 fully saturated rings. The van der Waals surface area contributed by atoms with Crippen LogP contribution in [0.3, 0.4) is 0 Å². The zero-order valence-corrected chi connectivity index (χ0v) is 11.8. The number of halogens is 3. The molecule has 94 valence electrons. The highest BCUT2D eigenvalue weighted by Gasteiger charge is 2.23. The van der Waals surface area contributed by atoms with Crippen molar-refractivity contribution in [2.75, 3.05) is 18.5 Å². The van der Waals surface area contributed by atoms with Crippen LogP contribution in [-0.2, 0) is 4.74 Å². The molecule has 1 N–H and O–H groups in total. The molecule has 0 amide bonds. The van der Waals surface area contributed by atoms with Gasteiger partial charge in [-0.1, -0.05) is 18.5 Å². The smallest absolute Gasteiger partial charge is 0.125 e. The molecule has 0 radical (unpaired) electrons. The van der Waals surface area contributed by atoms with Crippen LogP contribution in [-0.4, -0.2) is 19.3 Å². The maximum Gasteiger partial charge on any atom is 0.125 e. The standard InChI is InChI=1S/C12H14BrClFNO/c1-7-6-17-3-2-11(7)16-12-9(13)4-8(15)5-10(12)14/h4-5,7,11,16H,2-3,6H2,1H3. The van der Waals surface area contributed by atoms with Gasteiger partial charge in [0, 0.05) is 17.1 Å². The molecule has 0 spiro atoms. The van der Waals surface area contributed by atoms with E-state index in [2.05, 4.69) is 28.2 Å². The Hall–Kier alpha value is -0.320. The maximum atomic E-state index is 13.1. The number of rotatable bonds is 2. The number of anilines is 1. The molecule has 2 nitrogen and oxygen atoms in total. The summed E-state index contributed by atoms with van der Waals surface area (Å²) in [5.41, 5.74) is 0.756. The molecule has 0 aromatic heterocycles. The Morgan fingerprint density at radius 2 is 2.29 bits per heavy atom. The molecule has 1 aromatic carbocycles. The first-order valence-electron chi connectivity index (χ1n) is 5.56. The number of benzene rings is 1. The van der Waals surface area contributed by atoms with Gasteiger partial charge >= 0.3 is 0 Å². The Kier molecular flexibility index (Phi) is 4.28. The van der Waals surface area contributed by atoms with Gasteiger partial charge in [-0.3, -0.25) is 0 Å². The van der Waals surface area contributed by atoms with Crippen molar-refractivity contribution >= 4 is 33.2 Å². The molecule has 2 rings (SSSR count). The monoisotopic (exact) mass is 321 g/mol. The summed E-state index contributed by atoms with van der Waals surface area (Å²) in [4.78, 5) is 0. The zero-order chi connectivity index (χ0) is 12.4. The minimum absolute atomic E-state index is 0.308. The molecule has 1 heterocycles. The van der Waals surface area contributed by atoms with Crippen LogP contribution in [0.2, 0.25) is 5.02 Å². The van der Waals surface area contributed by atoms with E-state index in [1.807, 2.05) is 0 Å². The number of hydrogen-bond acceptors (Lipinski definition) is 2. The summed E-state index contributed by atoms with van der Waals surface area (Å²) >= 11 is 9.36. The van der Waals surface area contributed by atoms with Gasteiger partial charge in [0.1, 0.15) is 5.82 Å². The van der Waals surface area contributed by atoms with Crippen molar-refractivity contribution in [3.8, 4) is 0 Å². The highest BCUT2D eigenvalue weighted by molar-refractivity contribution is 9.10. The third-order valence-electron chi connectivity index (χ3n) is 2.98. The molecule has 0 aliphatic carbocycles. The Labute approximate surface area is 114 Å². The van der Waals surface area contributed by atoms with Crippen LogP contribution in [0, 0.1) is 11.7 Å². The molecule has 2 unspecified atom stereocenters. The fourth-order valence-corrected chi connectivity index (χ4v) is 2.88. The van der Waals surface area contributed by atoms with Gasteiger partial charge in [0.25, 0.3) is 0 Å². The summed E-state index contributed by atoms with van der Waals surface area (Å²) in [6.07, 6.45) is 0.932. The summed E-state index contributed by atoms with van der Waals surface area (Å²) in [5, 5.41) is 3.77. The maximum absolute atomic E-state index is 13.1. The molecule has 1 aromatic rings. The lowest BCUT2D eigenvalue weighted by Crippen LogP contribution is -2.36. The first kappa shape index (κ1) is 13.1. The summed E-state index contributed by atoms with van der Waals surface area (Å²) < 4.78 is 19.1. The van der Waals surface area contributed by atoms with Gasteiger partial charge in [0.05, 0.1) is 17.3 Å². The minimum Gasteiger partial charge on any atom is -0.381 e. The molecular formula is C12H14BrClFNO. The van der Waals surface area contributed by atoms with Crippen molar-refractivity contribution in [2.24, 2.45) is 5.92 Å². The topological polar surface area (TPSA) is 21.3 Å². The predicted molar refractivity (Wildman–Crippen MR) is 71.1 cm³/mol. The van der Waals surface area contributed by atoms with Crippen molar-refractivity contribution in [3.05, 3.63) is 27.4 Å². The molecule has 0 saturated carbocycles. The van der Waals surface area contributed by atoms with Crippen LogP contribution in [0.25, 0.3) is 0 Å². The lowest BCUT2D eigenvalue weighted by molar-refractivity contribution is 0.0537. The second-order valence-corrected chi connectivity index (χ2v) is 5.60. The van der Waals surface area contributed by atoms with E-state index < -0.39 is 0 Å². The van der Waals surface area contributed by atoms with E-state index in [1.165, 1.54) is 12.1 Å². The van der Waals surface area contributed by atoms with Crippen molar-refractivity contribution in [1.82, 2.24) is 0 Å². The van der Waals surface area contributed by atoms with Crippen LogP contribution in [0.15, 0.2) is 16.6 Å². The summed E-state index contributed by atoms with van der Waals surface area (Å²) in [5.74, 6) is 0.0734. The average Bonchev–Trinajstić information content (AvgIpc) is 2.25. The molecule has 17 heavy (non-hydrogen) atoms. The molecule has 2 atom stereocenters. The van der Waals surface area contributed by atoms with E-state index in [4.69, 9.17) is 16.3 Å². The minimum atomic E-state index is -0.340. The lowest BCUT2D eigenvalue weighted by Gasteiger charge is -2.31. The van der Waals surface area contributed by atoms with Crippen LogP contribution >= 0.6 is 27.5 Å². The average molecular weight is 323 g/mol. The van der Waals surface area contributed by atoms with Crippen molar-refractivity contribution in [2.45, 2.75) is 19.4 Å². The molecule has 1 aliphatic heterocycles. The highest BCUT2D eigenvalue weighted by Crippen LogP contribution is 2.33. The lowest BCUT2D eigenvalue weighted by atomic mass is 9.97. The van der Waals surface area contributed by atoms with Gasteiger partial charge in [-0.25, -0.2) is 4.39 Å². The fraction of sp³-hybridized carbons (Fsp3) is 0.500. The highest BCUT2D eigenvalue weighted by atomic mass is 79.9. The van der Waals surface area contributed by atoms with Gasteiger partial charge in [-0.05, 0) is 40.4 Å². The van der Waals surface area contributed by atoms with Crippen LogP contribution in [0.4, 0.5) is 10.1 Å². The van der Waals surface area contributed by atoms with Crippen molar-refractivity contribution < 1.29 is 9.13 Å². The van der Waals surface area contributed by atoms with E-state index in [0.29, 0.717) is 21.5 Å². The summed E-state index contributed by atoms with van der Waals surface area (Å²) in [7, 11) is 0. The number of nitrogens with one attached hydrogen (secondary N) is 1. The summed E-state index contributed by atoms with van der Waals surface area (Å²) in [6.45, 7) is 3.62. The van der Waals surface area contributed by atoms with Crippen LogP contribution < -0.4 is 5.32 Å². The predicted octanol–water partition coefficient (Wildman–Crippen LogP) is 4.08. The Morgan fingerprint density at radius 1 is 1.53 bits per heavy atom. The zero-order valence-electron chi connectivity index (χ0n) is 9.47. The Bertz CT molecular complexity index is 392. The van der Waals surface area contributed by atoms with E-state index in [0.717, 1.165) is 25.3 Å². The SMILES string of the molecule is CC1COCCC1Nc1c(Cl)cc(F)cc1Br. The molecule has 1 aliphatic rings. The first-order valence-corrected chi connectivity index (χ1v) is 6.74. The fourth-order valence-electron chi connectivity index (χ4n) is 1.96. The second-order valence-electron chi connectivity index (χ2n) is 4.34. The number of ether oxygens (including phenoxy) is 1. The second kappa shape index (κ2) is 5.55. The molecular weight excluding hydrogens is 308 g/mol.